The van der Waals surface area contributed by atoms with Crippen LogP contribution < -0.4 is 0 Å². The van der Waals surface area contributed by atoms with Gasteiger partial charge in [0.05, 0.1) is 13.2 Å². The smallest absolute Gasteiger partial charge is 0.313 e. The van der Waals surface area contributed by atoms with Gasteiger partial charge < -0.3 is 4.74 Å². The summed E-state index contributed by atoms with van der Waals surface area (Å²) in [6.07, 6.45) is 2.23. The standard InChI is InChI=1S/C14H25NO3/c1-4-18-14(17)9-13(16)10-15-7-5-12(6-8-15)11(2)3/h11-12H,4-10H2,1-3H3. The molecule has 1 rings (SSSR count). The summed E-state index contributed by atoms with van der Waals surface area (Å²) in [6.45, 7) is 8.93. The van der Waals surface area contributed by atoms with Gasteiger partial charge in [0.15, 0.2) is 5.78 Å². The van der Waals surface area contributed by atoms with Crippen molar-refractivity contribution < 1.29 is 14.3 Å². The van der Waals surface area contributed by atoms with Crippen molar-refractivity contribution in [3.63, 3.8) is 0 Å². The minimum Gasteiger partial charge on any atom is -0.466 e. The Labute approximate surface area is 110 Å². The second kappa shape index (κ2) is 7.52. The number of nitrogens with zero attached hydrogens (tertiary/aromatic N) is 1. The lowest BCUT2D eigenvalue weighted by atomic mass is 9.86. The molecule has 0 amide bonds. The Kier molecular flexibility index (Phi) is 6.33. The third-order valence-electron chi connectivity index (χ3n) is 3.62. The Morgan fingerprint density at radius 1 is 1.28 bits per heavy atom. The maximum absolute atomic E-state index is 11.7. The van der Waals surface area contributed by atoms with Crippen LogP contribution in [0.15, 0.2) is 0 Å². The largest absolute Gasteiger partial charge is 0.466 e. The average Bonchev–Trinajstić information content (AvgIpc) is 2.29. The van der Waals surface area contributed by atoms with Gasteiger partial charge in [0.2, 0.25) is 0 Å². The number of ketones is 1. The highest BCUT2D eigenvalue weighted by Crippen LogP contribution is 2.24. The van der Waals surface area contributed by atoms with E-state index in [-0.39, 0.29) is 12.2 Å². The summed E-state index contributed by atoms with van der Waals surface area (Å²) in [4.78, 5) is 25.0. The fraction of sp³-hybridized carbons (Fsp3) is 0.857. The molecular formula is C14H25NO3. The van der Waals surface area contributed by atoms with Crippen molar-refractivity contribution in [2.24, 2.45) is 11.8 Å². The quantitative estimate of drug-likeness (QED) is 0.537. The Bertz CT molecular complexity index is 281. The summed E-state index contributed by atoms with van der Waals surface area (Å²) in [6, 6.07) is 0. The highest BCUT2D eigenvalue weighted by atomic mass is 16.5. The van der Waals surface area contributed by atoms with E-state index in [1.807, 2.05) is 0 Å². The van der Waals surface area contributed by atoms with Gasteiger partial charge in [-0.2, -0.15) is 0 Å². The van der Waals surface area contributed by atoms with Crippen molar-refractivity contribution in [2.75, 3.05) is 26.2 Å². The van der Waals surface area contributed by atoms with Crippen LogP contribution in [-0.2, 0) is 14.3 Å². The van der Waals surface area contributed by atoms with Crippen molar-refractivity contribution in [3.8, 4) is 0 Å². The summed E-state index contributed by atoms with van der Waals surface area (Å²) >= 11 is 0. The topological polar surface area (TPSA) is 46.6 Å². The first-order valence-electron chi connectivity index (χ1n) is 6.92. The fourth-order valence-corrected chi connectivity index (χ4v) is 2.46. The number of carbonyl (C=O) groups is 2. The van der Waals surface area contributed by atoms with Gasteiger partial charge in [0, 0.05) is 0 Å². The van der Waals surface area contributed by atoms with Crippen molar-refractivity contribution in [1.82, 2.24) is 4.90 Å². The van der Waals surface area contributed by atoms with Crippen LogP contribution in [0, 0.1) is 11.8 Å². The van der Waals surface area contributed by atoms with E-state index in [2.05, 4.69) is 18.7 Å². The molecule has 0 radical (unpaired) electrons. The zero-order valence-corrected chi connectivity index (χ0v) is 11.8. The van der Waals surface area contributed by atoms with E-state index in [4.69, 9.17) is 4.74 Å². The van der Waals surface area contributed by atoms with E-state index >= 15 is 0 Å². The first-order chi connectivity index (χ1) is 8.52. The second-order valence-corrected chi connectivity index (χ2v) is 5.38. The molecular weight excluding hydrogens is 230 g/mol. The van der Waals surface area contributed by atoms with Crippen LogP contribution >= 0.6 is 0 Å². The number of piperidine rings is 1. The monoisotopic (exact) mass is 255 g/mol. The zero-order valence-electron chi connectivity index (χ0n) is 11.8. The lowest BCUT2D eigenvalue weighted by Gasteiger charge is -2.33. The maximum atomic E-state index is 11.7. The molecule has 0 saturated carbocycles. The van der Waals surface area contributed by atoms with Gasteiger partial charge in [0.25, 0.3) is 0 Å². The number of likely N-dealkylation sites (tertiary alicyclic amines) is 1. The van der Waals surface area contributed by atoms with Gasteiger partial charge >= 0.3 is 5.97 Å². The van der Waals surface area contributed by atoms with E-state index in [0.717, 1.165) is 37.8 Å². The molecule has 1 aliphatic rings. The van der Waals surface area contributed by atoms with Gasteiger partial charge in [-0.3, -0.25) is 14.5 Å². The predicted molar refractivity (Wildman–Crippen MR) is 70.3 cm³/mol. The van der Waals surface area contributed by atoms with Gasteiger partial charge in [-0.15, -0.1) is 0 Å². The van der Waals surface area contributed by atoms with Gasteiger partial charge in [-0.1, -0.05) is 13.8 Å². The molecule has 1 saturated heterocycles. The Morgan fingerprint density at radius 2 is 1.89 bits per heavy atom. The van der Waals surface area contributed by atoms with Crippen molar-refractivity contribution in [1.29, 1.82) is 0 Å². The first-order valence-corrected chi connectivity index (χ1v) is 6.92. The highest BCUT2D eigenvalue weighted by molar-refractivity contribution is 5.96. The van der Waals surface area contributed by atoms with Crippen LogP contribution in [0.4, 0.5) is 0 Å². The maximum Gasteiger partial charge on any atom is 0.313 e. The van der Waals surface area contributed by atoms with Crippen LogP contribution in [0.5, 0.6) is 0 Å². The van der Waals surface area contributed by atoms with Crippen LogP contribution in [0.25, 0.3) is 0 Å². The Morgan fingerprint density at radius 3 is 2.39 bits per heavy atom. The van der Waals surface area contributed by atoms with E-state index in [0.29, 0.717) is 13.2 Å². The Hall–Kier alpha value is -0.900. The third-order valence-corrected chi connectivity index (χ3v) is 3.62. The number of esters is 1. The van der Waals surface area contributed by atoms with E-state index in [9.17, 15) is 9.59 Å². The molecule has 4 heteroatoms. The highest BCUT2D eigenvalue weighted by Gasteiger charge is 2.23. The van der Waals surface area contributed by atoms with Crippen LogP contribution in [0.3, 0.4) is 0 Å². The number of rotatable bonds is 6. The van der Waals surface area contributed by atoms with Gasteiger partial charge in [-0.05, 0) is 44.7 Å². The van der Waals surface area contributed by atoms with Crippen molar-refractivity contribution >= 4 is 11.8 Å². The molecule has 1 aliphatic heterocycles. The Balaban J connectivity index is 2.24. The van der Waals surface area contributed by atoms with Crippen molar-refractivity contribution in [2.45, 2.75) is 40.0 Å². The molecule has 1 fully saturated rings. The number of carbonyl (C=O) groups excluding carboxylic acids is 2. The van der Waals surface area contributed by atoms with Gasteiger partial charge in [0.1, 0.15) is 6.42 Å². The zero-order chi connectivity index (χ0) is 13.5. The lowest BCUT2D eigenvalue weighted by Crippen LogP contribution is -2.38. The molecule has 0 atom stereocenters. The first kappa shape index (κ1) is 15.2. The predicted octanol–water partition coefficient (Wildman–Crippen LogP) is 1.88. The molecule has 18 heavy (non-hydrogen) atoms. The fourth-order valence-electron chi connectivity index (χ4n) is 2.46. The SMILES string of the molecule is CCOC(=O)CC(=O)CN1CCC(C(C)C)CC1. The summed E-state index contributed by atoms with van der Waals surface area (Å²) < 4.78 is 4.77. The average molecular weight is 255 g/mol. The lowest BCUT2D eigenvalue weighted by molar-refractivity contribution is -0.145. The minimum absolute atomic E-state index is 0.0311. The number of ether oxygens (including phenoxy) is 1. The molecule has 1 heterocycles. The molecule has 0 aromatic rings. The summed E-state index contributed by atoms with van der Waals surface area (Å²) in [5.41, 5.74) is 0. The van der Waals surface area contributed by atoms with Gasteiger partial charge in [-0.25, -0.2) is 0 Å². The third kappa shape index (κ3) is 5.17. The summed E-state index contributed by atoms with van der Waals surface area (Å²) in [5, 5.41) is 0. The van der Waals surface area contributed by atoms with Crippen LogP contribution in [-0.4, -0.2) is 42.9 Å². The molecule has 0 aliphatic carbocycles. The molecule has 4 nitrogen and oxygen atoms in total. The summed E-state index contributed by atoms with van der Waals surface area (Å²) in [5.74, 6) is 1.07. The van der Waals surface area contributed by atoms with Crippen LogP contribution in [0.1, 0.15) is 40.0 Å². The van der Waals surface area contributed by atoms with E-state index in [1.165, 1.54) is 0 Å². The number of hydrogen-bond acceptors (Lipinski definition) is 4. The number of Topliss-reactive ketones (excluding diaryl/α,β-unsaturated/α-hetero) is 1. The molecule has 0 N–H and O–H groups in total. The molecule has 0 spiro atoms. The summed E-state index contributed by atoms with van der Waals surface area (Å²) in [7, 11) is 0. The molecule has 0 aromatic carbocycles. The molecule has 0 aromatic heterocycles. The molecule has 0 bridgehead atoms. The van der Waals surface area contributed by atoms with Crippen molar-refractivity contribution in [3.05, 3.63) is 0 Å². The van der Waals surface area contributed by atoms with E-state index < -0.39 is 5.97 Å². The second-order valence-electron chi connectivity index (χ2n) is 5.38. The van der Waals surface area contributed by atoms with E-state index in [1.54, 1.807) is 6.92 Å². The molecule has 0 unspecified atom stereocenters. The normalized spacial score (nSPS) is 18.0. The number of hydrogen-bond donors (Lipinski definition) is 0. The minimum atomic E-state index is -0.403. The van der Waals surface area contributed by atoms with Crippen LogP contribution in [0.2, 0.25) is 0 Å². The molecule has 104 valence electrons.